The minimum Gasteiger partial charge on any atom is -0.466 e. The van der Waals surface area contributed by atoms with E-state index in [4.69, 9.17) is 4.74 Å². The Balaban J connectivity index is 1.62. The van der Waals surface area contributed by atoms with Crippen LogP contribution in [-0.2, 0) is 22.5 Å². The molecule has 1 N–H and O–H groups in total. The molecule has 3 rings (SSSR count). The average molecular weight is 461 g/mol. The van der Waals surface area contributed by atoms with Crippen LogP contribution in [0.3, 0.4) is 0 Å². The summed E-state index contributed by atoms with van der Waals surface area (Å²) < 4.78 is 7.02. The number of ether oxygens (including phenoxy) is 1. The first-order valence-electron chi connectivity index (χ1n) is 12.3. The summed E-state index contributed by atoms with van der Waals surface area (Å²) in [6.07, 6.45) is 7.06. The van der Waals surface area contributed by atoms with E-state index in [2.05, 4.69) is 43.4 Å². The van der Waals surface area contributed by atoms with Crippen LogP contribution in [0.25, 0.3) is 0 Å². The van der Waals surface area contributed by atoms with Crippen LogP contribution in [0.4, 0.5) is 5.69 Å². The van der Waals surface area contributed by atoms with Crippen molar-refractivity contribution in [3.8, 4) is 0 Å². The third-order valence-electron chi connectivity index (χ3n) is 5.82. The summed E-state index contributed by atoms with van der Waals surface area (Å²) in [4.78, 5) is 25.0. The van der Waals surface area contributed by atoms with Crippen molar-refractivity contribution in [1.29, 1.82) is 0 Å². The Labute approximate surface area is 203 Å². The van der Waals surface area contributed by atoms with E-state index in [1.807, 2.05) is 54.2 Å². The van der Waals surface area contributed by atoms with Crippen molar-refractivity contribution in [1.82, 2.24) is 4.57 Å². The fraction of sp³-hybridized carbons (Fsp3) is 0.379. The van der Waals surface area contributed by atoms with E-state index in [9.17, 15) is 9.59 Å². The Morgan fingerprint density at radius 1 is 1.00 bits per heavy atom. The van der Waals surface area contributed by atoms with E-state index in [-0.39, 0.29) is 17.7 Å². The van der Waals surface area contributed by atoms with Gasteiger partial charge in [-0.2, -0.15) is 0 Å². The maximum atomic E-state index is 13.4. The number of benzene rings is 2. The summed E-state index contributed by atoms with van der Waals surface area (Å²) in [5.41, 5.74) is 4.73. The molecule has 3 aromatic rings. The molecule has 1 heterocycles. The molecule has 34 heavy (non-hydrogen) atoms. The zero-order valence-electron chi connectivity index (χ0n) is 20.5. The first-order chi connectivity index (χ1) is 16.5. The summed E-state index contributed by atoms with van der Waals surface area (Å²) in [5.74, 6) is 0.0773. The lowest BCUT2D eigenvalue weighted by molar-refractivity contribution is -0.143. The van der Waals surface area contributed by atoms with Gasteiger partial charge in [0.05, 0.1) is 6.61 Å². The SMILES string of the molecule is CCOC(=O)CCCn1cc(C(=O)c2cccc(NCCCc3ccccc3)c2)c(C(C)C)c1. The van der Waals surface area contributed by atoms with Crippen LogP contribution in [0.15, 0.2) is 67.0 Å². The zero-order valence-corrected chi connectivity index (χ0v) is 20.5. The number of hydrogen-bond acceptors (Lipinski definition) is 4. The lowest BCUT2D eigenvalue weighted by Crippen LogP contribution is -2.07. The molecule has 0 atom stereocenters. The summed E-state index contributed by atoms with van der Waals surface area (Å²) >= 11 is 0. The maximum Gasteiger partial charge on any atom is 0.305 e. The monoisotopic (exact) mass is 460 g/mol. The molecule has 1 aromatic heterocycles. The zero-order chi connectivity index (χ0) is 24.3. The van der Waals surface area contributed by atoms with E-state index < -0.39 is 0 Å². The van der Waals surface area contributed by atoms with Crippen molar-refractivity contribution in [2.75, 3.05) is 18.5 Å². The minimum atomic E-state index is -0.178. The number of rotatable bonds is 13. The highest BCUT2D eigenvalue weighted by atomic mass is 16.5. The van der Waals surface area contributed by atoms with Gasteiger partial charge in [0.2, 0.25) is 0 Å². The van der Waals surface area contributed by atoms with Gasteiger partial charge in [-0.25, -0.2) is 0 Å². The lowest BCUT2D eigenvalue weighted by Gasteiger charge is -2.10. The molecule has 0 radical (unpaired) electrons. The van der Waals surface area contributed by atoms with Gasteiger partial charge < -0.3 is 14.6 Å². The van der Waals surface area contributed by atoms with Gasteiger partial charge in [-0.15, -0.1) is 0 Å². The largest absolute Gasteiger partial charge is 0.466 e. The number of anilines is 1. The van der Waals surface area contributed by atoms with Gasteiger partial charge in [-0.05, 0) is 55.4 Å². The number of hydrogen-bond donors (Lipinski definition) is 1. The fourth-order valence-corrected chi connectivity index (χ4v) is 4.04. The quantitative estimate of drug-likeness (QED) is 0.187. The van der Waals surface area contributed by atoms with Crippen molar-refractivity contribution >= 4 is 17.4 Å². The molecule has 0 unspecified atom stereocenters. The van der Waals surface area contributed by atoms with Gasteiger partial charge in [-0.1, -0.05) is 56.3 Å². The summed E-state index contributed by atoms with van der Waals surface area (Å²) in [6, 6.07) is 18.2. The average Bonchev–Trinajstić information content (AvgIpc) is 3.27. The van der Waals surface area contributed by atoms with Gasteiger partial charge in [0.15, 0.2) is 5.78 Å². The number of aryl methyl sites for hydroxylation is 2. The van der Waals surface area contributed by atoms with E-state index in [1.54, 1.807) is 0 Å². The smallest absolute Gasteiger partial charge is 0.305 e. The van der Waals surface area contributed by atoms with Crippen LogP contribution in [0.5, 0.6) is 0 Å². The number of nitrogens with one attached hydrogen (secondary N) is 1. The lowest BCUT2D eigenvalue weighted by atomic mass is 9.96. The Morgan fingerprint density at radius 2 is 1.79 bits per heavy atom. The Kier molecular flexibility index (Phi) is 9.51. The maximum absolute atomic E-state index is 13.4. The number of carbonyl (C=O) groups is 2. The van der Waals surface area contributed by atoms with Crippen LogP contribution in [0, 0.1) is 0 Å². The first-order valence-corrected chi connectivity index (χ1v) is 12.3. The van der Waals surface area contributed by atoms with Crippen LogP contribution < -0.4 is 5.32 Å². The first kappa shape index (κ1) is 25.3. The highest BCUT2D eigenvalue weighted by Crippen LogP contribution is 2.25. The molecule has 0 amide bonds. The Morgan fingerprint density at radius 3 is 2.53 bits per heavy atom. The highest BCUT2D eigenvalue weighted by molar-refractivity contribution is 6.10. The molecule has 0 aliphatic heterocycles. The second-order valence-corrected chi connectivity index (χ2v) is 8.85. The summed E-state index contributed by atoms with van der Waals surface area (Å²) in [5, 5.41) is 3.45. The standard InChI is InChI=1S/C29H36N2O3/c1-4-34-28(32)16-10-18-31-20-26(22(2)3)27(21-31)29(33)24-14-8-15-25(19-24)30-17-9-13-23-11-6-5-7-12-23/h5-8,11-12,14-15,19-22,30H,4,9-10,13,16-18H2,1-3H3. The summed E-state index contributed by atoms with van der Waals surface area (Å²) in [7, 11) is 0. The molecule has 0 saturated heterocycles. The summed E-state index contributed by atoms with van der Waals surface area (Å²) in [6.45, 7) is 7.93. The molecular weight excluding hydrogens is 424 g/mol. The van der Waals surface area contributed by atoms with Gasteiger partial charge in [-0.3, -0.25) is 9.59 Å². The van der Waals surface area contributed by atoms with E-state index in [1.165, 1.54) is 5.56 Å². The topological polar surface area (TPSA) is 60.3 Å². The number of ketones is 1. The Bertz CT molecular complexity index is 1070. The number of aromatic nitrogens is 1. The second-order valence-electron chi connectivity index (χ2n) is 8.85. The van der Waals surface area contributed by atoms with Gasteiger partial charge in [0.1, 0.15) is 0 Å². The fourth-order valence-electron chi connectivity index (χ4n) is 4.04. The van der Waals surface area contributed by atoms with E-state index in [0.29, 0.717) is 31.6 Å². The predicted octanol–water partition coefficient (Wildman–Crippen LogP) is 6.23. The third kappa shape index (κ3) is 7.34. The van der Waals surface area contributed by atoms with Gasteiger partial charge >= 0.3 is 5.97 Å². The predicted molar refractivity (Wildman–Crippen MR) is 138 cm³/mol. The Hall–Kier alpha value is -3.34. The molecule has 0 aliphatic carbocycles. The number of nitrogens with zero attached hydrogens (tertiary/aromatic N) is 1. The van der Waals surface area contributed by atoms with Crippen LogP contribution in [0.1, 0.15) is 73.0 Å². The molecule has 0 spiro atoms. The van der Waals surface area contributed by atoms with Gasteiger partial charge in [0.25, 0.3) is 0 Å². The normalized spacial score (nSPS) is 10.9. The van der Waals surface area contributed by atoms with Crippen LogP contribution >= 0.6 is 0 Å². The van der Waals surface area contributed by atoms with Crippen LogP contribution in [-0.4, -0.2) is 29.5 Å². The van der Waals surface area contributed by atoms with E-state index in [0.717, 1.165) is 36.2 Å². The van der Waals surface area contributed by atoms with Gasteiger partial charge in [0, 0.05) is 48.7 Å². The van der Waals surface area contributed by atoms with Crippen molar-refractivity contribution < 1.29 is 14.3 Å². The molecule has 2 aromatic carbocycles. The number of carbonyl (C=O) groups excluding carboxylic acids is 2. The molecule has 0 aliphatic rings. The molecule has 5 nitrogen and oxygen atoms in total. The van der Waals surface area contributed by atoms with Crippen molar-refractivity contribution in [2.24, 2.45) is 0 Å². The third-order valence-corrected chi connectivity index (χ3v) is 5.82. The van der Waals surface area contributed by atoms with Crippen LogP contribution in [0.2, 0.25) is 0 Å². The highest BCUT2D eigenvalue weighted by Gasteiger charge is 2.19. The van der Waals surface area contributed by atoms with E-state index >= 15 is 0 Å². The molecule has 0 saturated carbocycles. The molecular formula is C29H36N2O3. The van der Waals surface area contributed by atoms with Crippen molar-refractivity contribution in [3.63, 3.8) is 0 Å². The van der Waals surface area contributed by atoms with Crippen molar-refractivity contribution in [3.05, 3.63) is 89.2 Å². The molecule has 0 bridgehead atoms. The van der Waals surface area contributed by atoms with Crippen molar-refractivity contribution in [2.45, 2.75) is 58.9 Å². The minimum absolute atomic E-state index is 0.0285. The molecule has 5 heteroatoms. The number of esters is 1. The second kappa shape index (κ2) is 12.8. The molecule has 180 valence electrons. The molecule has 0 fully saturated rings.